The molecule has 1 aromatic carbocycles. The molecule has 0 saturated heterocycles. The third-order valence-electron chi connectivity index (χ3n) is 2.71. The lowest BCUT2D eigenvalue weighted by molar-refractivity contribution is -0.454. The molecule has 1 heterocycles. The van der Waals surface area contributed by atoms with Crippen LogP contribution in [-0.2, 0) is 0 Å². The van der Waals surface area contributed by atoms with Gasteiger partial charge in [0.15, 0.2) is 0 Å². The summed E-state index contributed by atoms with van der Waals surface area (Å²) < 4.78 is 7.93. The number of hydrogen-bond donors (Lipinski definition) is 0. The zero-order valence-electron chi connectivity index (χ0n) is 9.66. The first-order chi connectivity index (χ1) is 7.24. The average Bonchev–Trinajstić information content (AvgIpc) is 2.62. The first-order valence-corrected chi connectivity index (χ1v) is 5.59. The summed E-state index contributed by atoms with van der Waals surface area (Å²) in [5, 5.41) is 0. The summed E-state index contributed by atoms with van der Waals surface area (Å²) in [7, 11) is 0. The van der Waals surface area contributed by atoms with Crippen LogP contribution >= 0.6 is 0 Å². The number of benzene rings is 1. The maximum absolute atomic E-state index is 5.75. The molecule has 0 radical (unpaired) electrons. The lowest BCUT2D eigenvalue weighted by Gasteiger charge is -2.06. The van der Waals surface area contributed by atoms with Gasteiger partial charge in [0.1, 0.15) is 6.21 Å². The van der Waals surface area contributed by atoms with E-state index in [0.29, 0.717) is 12.6 Å². The second kappa shape index (κ2) is 4.05. The van der Waals surface area contributed by atoms with Crippen LogP contribution in [0.3, 0.4) is 0 Å². The van der Waals surface area contributed by atoms with E-state index in [9.17, 15) is 0 Å². The molecule has 0 amide bonds. The molecule has 0 aromatic heterocycles. The molecular weight excluding hydrogens is 186 g/mol. The molecule has 0 fully saturated rings. The van der Waals surface area contributed by atoms with Gasteiger partial charge in [-0.15, -0.1) is 0 Å². The van der Waals surface area contributed by atoms with Gasteiger partial charge in [-0.3, -0.25) is 0 Å². The zero-order chi connectivity index (χ0) is 10.8. The highest BCUT2D eigenvalue weighted by molar-refractivity contribution is 5.60. The third-order valence-corrected chi connectivity index (χ3v) is 2.71. The highest BCUT2D eigenvalue weighted by atomic mass is 16.5. The van der Waals surface area contributed by atoms with E-state index in [1.165, 1.54) is 11.3 Å². The van der Waals surface area contributed by atoms with Crippen molar-refractivity contribution in [2.24, 2.45) is 0 Å². The summed E-state index contributed by atoms with van der Waals surface area (Å²) in [6.07, 6.45) is 3.21. The number of hydrogen-bond acceptors (Lipinski definition) is 1. The Balaban J connectivity index is 2.48. The molecule has 0 atom stereocenters. The molecule has 15 heavy (non-hydrogen) atoms. The Kier molecular flexibility index (Phi) is 2.76. The number of rotatable bonds is 2. The van der Waals surface area contributed by atoms with Crippen LogP contribution in [0.4, 0.5) is 5.69 Å². The summed E-state index contributed by atoms with van der Waals surface area (Å²) >= 11 is 0. The Morgan fingerprint density at radius 2 is 2.27 bits per heavy atom. The van der Waals surface area contributed by atoms with E-state index in [1.807, 2.05) is 0 Å². The summed E-state index contributed by atoms with van der Waals surface area (Å²) in [4.78, 5) is 0. The van der Waals surface area contributed by atoms with Gasteiger partial charge in [0.05, 0.1) is 0 Å². The largest absolute Gasteiger partial charge is 0.429 e. The fourth-order valence-corrected chi connectivity index (χ4v) is 1.96. The van der Waals surface area contributed by atoms with Crippen LogP contribution < -0.4 is 4.74 Å². The normalized spacial score (nSPS) is 16.9. The number of fused-ring (bicyclic) bond motifs is 1. The minimum Gasteiger partial charge on any atom is -0.429 e. The van der Waals surface area contributed by atoms with Gasteiger partial charge < -0.3 is 4.74 Å². The molecule has 80 valence electrons. The van der Waals surface area contributed by atoms with Crippen LogP contribution in [0.2, 0.25) is 0 Å². The Labute approximate surface area is 91.2 Å². The second-order valence-corrected chi connectivity index (χ2v) is 4.18. The molecule has 0 bridgehead atoms. The van der Waals surface area contributed by atoms with Gasteiger partial charge >= 0.3 is 0 Å². The van der Waals surface area contributed by atoms with E-state index >= 15 is 0 Å². The quantitative estimate of drug-likeness (QED) is 0.673. The van der Waals surface area contributed by atoms with Gasteiger partial charge in [0, 0.05) is 18.1 Å². The van der Waals surface area contributed by atoms with Crippen LogP contribution in [0.25, 0.3) is 0 Å². The predicted octanol–water partition coefficient (Wildman–Crippen LogP) is 3.28. The minimum absolute atomic E-state index is 0.515. The molecule has 2 rings (SSSR count). The van der Waals surface area contributed by atoms with Gasteiger partial charge in [0.25, 0.3) is 12.4 Å². The molecule has 1 aliphatic heterocycles. The van der Waals surface area contributed by atoms with Crippen LogP contribution in [-0.4, -0.2) is 17.5 Å². The molecule has 2 nitrogen and oxygen atoms in total. The van der Waals surface area contributed by atoms with Crippen molar-refractivity contribution >= 4 is 11.9 Å². The average molecular weight is 204 g/mol. The summed E-state index contributed by atoms with van der Waals surface area (Å²) in [5.41, 5.74) is 2.52. The molecule has 0 spiro atoms. The fourth-order valence-electron chi connectivity index (χ4n) is 1.96. The Morgan fingerprint density at radius 3 is 2.93 bits per heavy atom. The minimum atomic E-state index is 0.515. The molecule has 0 saturated carbocycles. The summed E-state index contributed by atoms with van der Waals surface area (Å²) in [5.74, 6) is 1.58. The van der Waals surface area contributed by atoms with Crippen molar-refractivity contribution in [3.05, 3.63) is 23.8 Å². The van der Waals surface area contributed by atoms with E-state index in [2.05, 4.69) is 49.8 Å². The van der Waals surface area contributed by atoms with Crippen LogP contribution in [0.1, 0.15) is 38.7 Å². The van der Waals surface area contributed by atoms with E-state index in [1.54, 1.807) is 0 Å². The standard InChI is InChI=1S/C13H18NO/c1-4-8-14-9-15-13-11(10(2)3)6-5-7-12(13)14/h5-8,10H,4,9H2,1-3H3/q+1/b14-8-. The van der Waals surface area contributed by atoms with Crippen molar-refractivity contribution in [3.63, 3.8) is 0 Å². The van der Waals surface area contributed by atoms with Gasteiger partial charge in [-0.25, -0.2) is 0 Å². The second-order valence-electron chi connectivity index (χ2n) is 4.18. The Morgan fingerprint density at radius 1 is 1.47 bits per heavy atom. The lowest BCUT2D eigenvalue weighted by Crippen LogP contribution is -2.05. The van der Waals surface area contributed by atoms with Crippen molar-refractivity contribution in [3.8, 4) is 5.75 Å². The van der Waals surface area contributed by atoms with E-state index < -0.39 is 0 Å². The molecule has 1 aromatic rings. The number of ether oxygens (including phenoxy) is 1. The van der Waals surface area contributed by atoms with Crippen molar-refractivity contribution in [1.29, 1.82) is 0 Å². The lowest BCUT2D eigenvalue weighted by atomic mass is 10.0. The Bertz CT molecular complexity index is 394. The van der Waals surface area contributed by atoms with E-state index in [0.717, 1.165) is 12.2 Å². The van der Waals surface area contributed by atoms with Crippen LogP contribution in [0.5, 0.6) is 5.75 Å². The maximum Gasteiger partial charge on any atom is 0.292 e. The maximum atomic E-state index is 5.75. The number of nitrogens with zero attached hydrogens (tertiary/aromatic N) is 1. The van der Waals surface area contributed by atoms with Gasteiger partial charge in [-0.1, -0.05) is 32.9 Å². The first-order valence-electron chi connectivity index (χ1n) is 5.59. The SMILES string of the molecule is CC/C=[N+]1/COc2c(C(C)C)cccc21. The zero-order valence-corrected chi connectivity index (χ0v) is 9.66. The highest BCUT2D eigenvalue weighted by Gasteiger charge is 2.27. The van der Waals surface area contributed by atoms with Crippen molar-refractivity contribution in [2.75, 3.05) is 6.73 Å². The molecule has 0 unspecified atom stereocenters. The van der Waals surface area contributed by atoms with Crippen molar-refractivity contribution in [1.82, 2.24) is 0 Å². The predicted molar refractivity (Wildman–Crippen MR) is 62.3 cm³/mol. The third kappa shape index (κ3) is 1.76. The van der Waals surface area contributed by atoms with Crippen molar-refractivity contribution in [2.45, 2.75) is 33.1 Å². The van der Waals surface area contributed by atoms with E-state index in [4.69, 9.17) is 4.74 Å². The monoisotopic (exact) mass is 204 g/mol. The summed E-state index contributed by atoms with van der Waals surface area (Å²) in [6.45, 7) is 7.20. The van der Waals surface area contributed by atoms with Crippen molar-refractivity contribution < 1.29 is 9.31 Å². The summed E-state index contributed by atoms with van der Waals surface area (Å²) in [6, 6.07) is 6.39. The molecular formula is C13H18NO+. The topological polar surface area (TPSA) is 12.2 Å². The molecule has 2 heteroatoms. The van der Waals surface area contributed by atoms with Crippen LogP contribution in [0, 0.1) is 0 Å². The fraction of sp³-hybridized carbons (Fsp3) is 0.462. The van der Waals surface area contributed by atoms with Gasteiger partial charge in [-0.05, 0) is 5.92 Å². The molecule has 1 aliphatic rings. The first kappa shape index (κ1) is 10.2. The molecule has 0 N–H and O–H groups in total. The van der Waals surface area contributed by atoms with Gasteiger partial charge in [0.2, 0.25) is 5.75 Å². The van der Waals surface area contributed by atoms with Crippen LogP contribution in [0.15, 0.2) is 18.2 Å². The molecule has 0 aliphatic carbocycles. The van der Waals surface area contributed by atoms with Gasteiger partial charge in [-0.2, -0.15) is 4.58 Å². The highest BCUT2D eigenvalue weighted by Crippen LogP contribution is 2.38. The Hall–Kier alpha value is -1.31. The van der Waals surface area contributed by atoms with E-state index in [-0.39, 0.29) is 0 Å². The number of para-hydroxylation sites is 1. The smallest absolute Gasteiger partial charge is 0.292 e.